The summed E-state index contributed by atoms with van der Waals surface area (Å²) < 4.78 is 23.6. The second-order valence-corrected chi connectivity index (χ2v) is 6.23. The van der Waals surface area contributed by atoms with E-state index < -0.39 is 0 Å². The van der Waals surface area contributed by atoms with Crippen LogP contribution in [0.5, 0.6) is 23.0 Å². The summed E-state index contributed by atoms with van der Waals surface area (Å²) in [5, 5.41) is 3.30. The van der Waals surface area contributed by atoms with Gasteiger partial charge in [-0.05, 0) is 11.6 Å². The molecule has 0 saturated carbocycles. The first-order valence-corrected chi connectivity index (χ1v) is 8.81. The largest absolute Gasteiger partial charge is 0.493 e. The predicted molar refractivity (Wildman–Crippen MR) is 103 cm³/mol. The number of nitrogens with one attached hydrogen (secondary N) is 1. The molecule has 1 N–H and O–H groups in total. The average Bonchev–Trinajstić information content (AvgIpc) is 3.36. The highest BCUT2D eigenvalue weighted by atomic mass is 35.5. The molecule has 0 saturated heterocycles. The quantitative estimate of drug-likeness (QED) is 0.628. The molecule has 1 aliphatic heterocycles. The molecule has 9 nitrogen and oxygen atoms in total. The second-order valence-electron chi connectivity index (χ2n) is 5.89. The number of hydrogen-bond acceptors (Lipinski definition) is 8. The van der Waals surface area contributed by atoms with Crippen molar-refractivity contribution in [2.75, 3.05) is 33.3 Å². The Bertz CT molecular complexity index is 998. The van der Waals surface area contributed by atoms with E-state index in [0.717, 1.165) is 11.4 Å². The van der Waals surface area contributed by atoms with Crippen molar-refractivity contribution in [2.45, 2.75) is 6.42 Å². The fraction of sp³-hybridized carbons (Fsp3) is 0.278. The highest BCUT2D eigenvalue weighted by Crippen LogP contribution is 2.39. The molecule has 0 aliphatic carbocycles. The first-order valence-electron chi connectivity index (χ1n) is 8.43. The zero-order chi connectivity index (χ0) is 19.7. The van der Waals surface area contributed by atoms with E-state index in [2.05, 4.69) is 20.3 Å². The lowest BCUT2D eigenvalue weighted by Crippen LogP contribution is -2.00. The Morgan fingerprint density at radius 3 is 2.54 bits per heavy atom. The van der Waals surface area contributed by atoms with Gasteiger partial charge < -0.3 is 28.8 Å². The van der Waals surface area contributed by atoms with E-state index in [1.807, 2.05) is 16.7 Å². The molecule has 10 heteroatoms. The Labute approximate surface area is 166 Å². The Kier molecular flexibility index (Phi) is 4.82. The molecule has 0 amide bonds. The molecule has 1 aliphatic rings. The molecule has 0 spiro atoms. The first kappa shape index (κ1) is 18.2. The van der Waals surface area contributed by atoms with Gasteiger partial charge in [-0.15, -0.1) is 0 Å². The van der Waals surface area contributed by atoms with Crippen LogP contribution in [0.1, 0.15) is 5.69 Å². The smallest absolute Gasteiger partial charge is 0.224 e. The van der Waals surface area contributed by atoms with Crippen LogP contribution in [0, 0.1) is 0 Å². The van der Waals surface area contributed by atoms with Crippen LogP contribution in [0.25, 0.3) is 5.69 Å². The maximum atomic E-state index is 6.01. The standard InChI is InChI=1S/C18H18ClN5O4/c1-25-12-6-10(7-13(26-2)16(12)27-3)24-8-14(20-9-24)22-17-15-11(4-5-28-15)21-18(19)23-17/h6-9H,4-5H2,1-3H3,(H,21,22,23). The summed E-state index contributed by atoms with van der Waals surface area (Å²) in [4.78, 5) is 12.8. The number of benzene rings is 1. The summed E-state index contributed by atoms with van der Waals surface area (Å²) in [5.74, 6) is 3.29. The topological polar surface area (TPSA) is 92.6 Å². The molecular weight excluding hydrogens is 386 g/mol. The van der Waals surface area contributed by atoms with Gasteiger partial charge in [-0.2, -0.15) is 4.98 Å². The van der Waals surface area contributed by atoms with Crippen LogP contribution >= 0.6 is 11.6 Å². The van der Waals surface area contributed by atoms with E-state index in [-0.39, 0.29) is 5.28 Å². The van der Waals surface area contributed by atoms with Gasteiger partial charge in [0.25, 0.3) is 0 Å². The average molecular weight is 404 g/mol. The summed E-state index contributed by atoms with van der Waals surface area (Å²) >= 11 is 6.01. The minimum Gasteiger partial charge on any atom is -0.493 e. The third kappa shape index (κ3) is 3.24. The molecular formula is C18H18ClN5O4. The fourth-order valence-electron chi connectivity index (χ4n) is 2.99. The van der Waals surface area contributed by atoms with Crippen LogP contribution in [0.15, 0.2) is 24.7 Å². The van der Waals surface area contributed by atoms with Crippen LogP contribution in [-0.2, 0) is 6.42 Å². The van der Waals surface area contributed by atoms with Gasteiger partial charge in [-0.1, -0.05) is 0 Å². The summed E-state index contributed by atoms with van der Waals surface area (Å²) in [6.45, 7) is 0.554. The molecule has 0 atom stereocenters. The lowest BCUT2D eigenvalue weighted by molar-refractivity contribution is 0.324. The molecule has 1 aromatic carbocycles. The number of rotatable bonds is 6. The van der Waals surface area contributed by atoms with Crippen LogP contribution in [-0.4, -0.2) is 47.5 Å². The summed E-state index contributed by atoms with van der Waals surface area (Å²) in [5.41, 5.74) is 1.57. The lowest BCUT2D eigenvalue weighted by Gasteiger charge is -2.14. The van der Waals surface area contributed by atoms with E-state index >= 15 is 0 Å². The maximum Gasteiger partial charge on any atom is 0.224 e. The number of aromatic nitrogens is 4. The predicted octanol–water partition coefficient (Wildman–Crippen LogP) is 3.02. The highest BCUT2D eigenvalue weighted by molar-refractivity contribution is 6.28. The van der Waals surface area contributed by atoms with Crippen molar-refractivity contribution in [3.63, 3.8) is 0 Å². The summed E-state index contributed by atoms with van der Waals surface area (Å²) in [6.07, 6.45) is 4.16. The number of nitrogens with zero attached hydrogens (tertiary/aromatic N) is 4. The second kappa shape index (κ2) is 7.43. The van der Waals surface area contributed by atoms with Gasteiger partial charge >= 0.3 is 0 Å². The molecule has 0 fully saturated rings. The van der Waals surface area contributed by atoms with E-state index in [1.165, 1.54) is 0 Å². The zero-order valence-electron chi connectivity index (χ0n) is 15.5. The molecule has 146 valence electrons. The lowest BCUT2D eigenvalue weighted by atomic mass is 10.2. The molecule has 0 radical (unpaired) electrons. The number of ether oxygens (including phenoxy) is 4. The van der Waals surface area contributed by atoms with Gasteiger partial charge in [0, 0.05) is 18.6 Å². The summed E-state index contributed by atoms with van der Waals surface area (Å²) in [6, 6.07) is 3.66. The van der Waals surface area contributed by atoms with Crippen LogP contribution in [0.4, 0.5) is 11.6 Å². The van der Waals surface area contributed by atoms with Gasteiger partial charge in [0.15, 0.2) is 23.1 Å². The Balaban J connectivity index is 1.66. The van der Waals surface area contributed by atoms with Crippen LogP contribution in [0.2, 0.25) is 5.28 Å². The van der Waals surface area contributed by atoms with E-state index in [1.54, 1.807) is 33.9 Å². The third-order valence-corrected chi connectivity index (χ3v) is 4.44. The van der Waals surface area contributed by atoms with E-state index in [4.69, 9.17) is 30.5 Å². The number of halogens is 1. The molecule has 3 heterocycles. The Morgan fingerprint density at radius 2 is 1.86 bits per heavy atom. The molecule has 0 bridgehead atoms. The number of anilines is 2. The van der Waals surface area contributed by atoms with Crippen LogP contribution < -0.4 is 24.3 Å². The van der Waals surface area contributed by atoms with Crippen molar-refractivity contribution >= 4 is 23.2 Å². The van der Waals surface area contributed by atoms with Crippen molar-refractivity contribution in [1.29, 1.82) is 0 Å². The number of fused-ring (bicyclic) bond motifs is 1. The molecule has 3 aromatic rings. The Hall–Kier alpha value is -3.20. The minimum atomic E-state index is 0.163. The fourth-order valence-corrected chi connectivity index (χ4v) is 3.18. The van der Waals surface area contributed by atoms with Crippen molar-refractivity contribution in [3.8, 4) is 28.7 Å². The number of methoxy groups -OCH3 is 3. The molecule has 4 rings (SSSR count). The first-order chi connectivity index (χ1) is 13.6. The third-order valence-electron chi connectivity index (χ3n) is 4.27. The van der Waals surface area contributed by atoms with Crippen molar-refractivity contribution in [2.24, 2.45) is 0 Å². The van der Waals surface area contributed by atoms with Crippen molar-refractivity contribution in [3.05, 3.63) is 35.6 Å². The van der Waals surface area contributed by atoms with Gasteiger partial charge in [-0.25, -0.2) is 9.97 Å². The van der Waals surface area contributed by atoms with Gasteiger partial charge in [-0.3, -0.25) is 0 Å². The van der Waals surface area contributed by atoms with Crippen LogP contribution in [0.3, 0.4) is 0 Å². The van der Waals surface area contributed by atoms with Gasteiger partial charge in [0.05, 0.1) is 45.5 Å². The molecule has 28 heavy (non-hydrogen) atoms. The van der Waals surface area contributed by atoms with Crippen molar-refractivity contribution < 1.29 is 18.9 Å². The zero-order valence-corrected chi connectivity index (χ0v) is 16.3. The summed E-state index contributed by atoms with van der Waals surface area (Å²) in [7, 11) is 4.70. The monoisotopic (exact) mass is 403 g/mol. The number of hydrogen-bond donors (Lipinski definition) is 1. The maximum absolute atomic E-state index is 6.01. The van der Waals surface area contributed by atoms with E-state index in [0.29, 0.717) is 47.7 Å². The van der Waals surface area contributed by atoms with Gasteiger partial charge in [0.2, 0.25) is 11.0 Å². The molecule has 2 aromatic heterocycles. The van der Waals surface area contributed by atoms with E-state index in [9.17, 15) is 0 Å². The van der Waals surface area contributed by atoms with Gasteiger partial charge in [0.1, 0.15) is 12.1 Å². The van der Waals surface area contributed by atoms with Crippen molar-refractivity contribution in [1.82, 2.24) is 19.5 Å². The normalized spacial score (nSPS) is 12.3. The Morgan fingerprint density at radius 1 is 1.11 bits per heavy atom. The SMILES string of the molecule is COc1cc(-n2cnc(Nc3nc(Cl)nc4c3OCC4)c2)cc(OC)c1OC. The minimum absolute atomic E-state index is 0.163. The molecule has 0 unspecified atom stereocenters. The number of imidazole rings is 1. The highest BCUT2D eigenvalue weighted by Gasteiger charge is 2.21.